The van der Waals surface area contributed by atoms with Gasteiger partial charge in [0.25, 0.3) is 0 Å². The van der Waals surface area contributed by atoms with Gasteiger partial charge in [0.2, 0.25) is 5.91 Å². The predicted octanol–water partition coefficient (Wildman–Crippen LogP) is 3.48. The van der Waals surface area contributed by atoms with Crippen LogP contribution in [0.2, 0.25) is 0 Å². The Balaban J connectivity index is 1.50. The fourth-order valence-electron chi connectivity index (χ4n) is 4.53. The third-order valence-corrected chi connectivity index (χ3v) is 6.23. The maximum absolute atomic E-state index is 12.3. The van der Waals surface area contributed by atoms with Crippen LogP contribution in [0.4, 0.5) is 0 Å². The lowest BCUT2D eigenvalue weighted by molar-refractivity contribution is -0.132. The van der Waals surface area contributed by atoms with Crippen LogP contribution in [0, 0.1) is 0 Å². The topological polar surface area (TPSA) is 51.2 Å². The Bertz CT molecular complexity index is 906. The van der Waals surface area contributed by atoms with Crippen molar-refractivity contribution in [1.29, 1.82) is 0 Å². The average Bonchev–Trinajstić information content (AvgIpc) is 2.92. The number of carbonyl (C=O) groups excluding carboxylic acids is 1. The van der Waals surface area contributed by atoms with Gasteiger partial charge in [-0.1, -0.05) is 30.3 Å². The highest BCUT2D eigenvalue weighted by molar-refractivity contribution is 5.73. The minimum Gasteiger partial charge on any atom is -0.493 e. The van der Waals surface area contributed by atoms with Crippen molar-refractivity contribution in [3.8, 4) is 17.2 Å². The van der Waals surface area contributed by atoms with Crippen molar-refractivity contribution in [2.24, 2.45) is 0 Å². The molecule has 0 radical (unpaired) electrons. The molecule has 0 aliphatic carbocycles. The van der Waals surface area contributed by atoms with Gasteiger partial charge in [-0.25, -0.2) is 0 Å². The van der Waals surface area contributed by atoms with Crippen LogP contribution in [-0.2, 0) is 17.9 Å². The number of carbonyl (C=O) groups is 1. The van der Waals surface area contributed by atoms with E-state index in [2.05, 4.69) is 17.0 Å². The minimum absolute atomic E-state index is 0.0956. The summed E-state index contributed by atoms with van der Waals surface area (Å²) in [5.41, 5.74) is 1.85. The Kier molecular flexibility index (Phi) is 5.86. The van der Waals surface area contributed by atoms with Crippen LogP contribution in [0.1, 0.15) is 30.9 Å². The van der Waals surface area contributed by atoms with Gasteiger partial charge < -0.3 is 19.1 Å². The van der Waals surface area contributed by atoms with Crippen LogP contribution < -0.4 is 14.2 Å². The van der Waals surface area contributed by atoms with E-state index in [1.165, 1.54) is 0 Å². The number of methoxy groups -OCH3 is 2. The highest BCUT2D eigenvalue weighted by atomic mass is 16.5. The molecule has 0 bridgehead atoms. The highest BCUT2D eigenvalue weighted by Gasteiger charge is 2.41. The van der Waals surface area contributed by atoms with Crippen molar-refractivity contribution in [1.82, 2.24) is 9.80 Å². The zero-order valence-electron chi connectivity index (χ0n) is 18.0. The van der Waals surface area contributed by atoms with E-state index in [-0.39, 0.29) is 11.5 Å². The van der Waals surface area contributed by atoms with E-state index in [0.29, 0.717) is 13.1 Å². The number of nitrogens with zero attached hydrogens (tertiary/aromatic N) is 2. The second-order valence-corrected chi connectivity index (χ2v) is 8.20. The second kappa shape index (κ2) is 8.56. The van der Waals surface area contributed by atoms with Gasteiger partial charge in [0, 0.05) is 57.1 Å². The lowest BCUT2D eigenvalue weighted by Gasteiger charge is -2.42. The predicted molar refractivity (Wildman–Crippen MR) is 115 cm³/mol. The molecule has 0 aromatic heterocycles. The number of para-hydroxylation sites is 2. The number of fused-ring (bicyclic) bond motifs is 1. The van der Waals surface area contributed by atoms with Crippen LogP contribution in [0.3, 0.4) is 0 Å². The molecule has 2 aliphatic heterocycles. The fraction of sp³-hybridized carbons (Fsp3) is 0.458. The lowest BCUT2D eigenvalue weighted by atomic mass is 9.90. The van der Waals surface area contributed by atoms with Crippen LogP contribution in [0.15, 0.2) is 42.5 Å². The molecule has 0 atom stereocenters. The maximum atomic E-state index is 12.3. The molecule has 4 rings (SSSR count). The molecule has 2 aromatic carbocycles. The first-order valence-electron chi connectivity index (χ1n) is 10.5. The molecule has 0 unspecified atom stereocenters. The first-order chi connectivity index (χ1) is 14.5. The largest absolute Gasteiger partial charge is 0.493 e. The van der Waals surface area contributed by atoms with E-state index >= 15 is 0 Å². The van der Waals surface area contributed by atoms with Crippen molar-refractivity contribution in [2.45, 2.75) is 38.5 Å². The summed E-state index contributed by atoms with van der Waals surface area (Å²) in [5.74, 6) is 2.55. The molecule has 30 heavy (non-hydrogen) atoms. The Hall–Kier alpha value is -2.73. The molecule has 6 nitrogen and oxygen atoms in total. The Labute approximate surface area is 178 Å². The third kappa shape index (κ3) is 4.10. The number of ether oxygens (including phenoxy) is 3. The molecule has 0 N–H and O–H groups in total. The van der Waals surface area contributed by atoms with Crippen LogP contribution in [0.5, 0.6) is 17.2 Å². The van der Waals surface area contributed by atoms with E-state index in [4.69, 9.17) is 14.2 Å². The number of rotatable bonds is 4. The SMILES string of the molecule is COc1cccc(CN2CCC3(CC2)CN(C(C)=O)Cc2ccccc2O3)c1OC. The quantitative estimate of drug-likeness (QED) is 0.773. The van der Waals surface area contributed by atoms with E-state index in [0.717, 1.165) is 60.9 Å². The summed E-state index contributed by atoms with van der Waals surface area (Å²) in [6.07, 6.45) is 1.74. The van der Waals surface area contributed by atoms with Crippen molar-refractivity contribution in [2.75, 3.05) is 33.9 Å². The van der Waals surface area contributed by atoms with Gasteiger partial charge in [-0.05, 0) is 12.1 Å². The Morgan fingerprint density at radius 1 is 1.07 bits per heavy atom. The first-order valence-corrected chi connectivity index (χ1v) is 10.5. The summed E-state index contributed by atoms with van der Waals surface area (Å²) in [5, 5.41) is 0. The molecule has 0 saturated carbocycles. The van der Waals surface area contributed by atoms with Gasteiger partial charge in [-0.2, -0.15) is 0 Å². The smallest absolute Gasteiger partial charge is 0.219 e. The fourth-order valence-corrected chi connectivity index (χ4v) is 4.53. The first kappa shape index (κ1) is 20.5. The molecular weight excluding hydrogens is 380 g/mol. The maximum Gasteiger partial charge on any atom is 0.219 e. The summed E-state index contributed by atoms with van der Waals surface area (Å²) in [7, 11) is 3.34. The van der Waals surface area contributed by atoms with E-state index in [1.54, 1.807) is 21.1 Å². The number of amides is 1. The van der Waals surface area contributed by atoms with Crippen molar-refractivity contribution in [3.05, 3.63) is 53.6 Å². The van der Waals surface area contributed by atoms with Crippen molar-refractivity contribution in [3.63, 3.8) is 0 Å². The van der Waals surface area contributed by atoms with Gasteiger partial charge in [0.05, 0.1) is 20.8 Å². The second-order valence-electron chi connectivity index (χ2n) is 8.20. The third-order valence-electron chi connectivity index (χ3n) is 6.23. The average molecular weight is 411 g/mol. The van der Waals surface area contributed by atoms with Gasteiger partial charge in [0.15, 0.2) is 11.5 Å². The molecule has 6 heteroatoms. The van der Waals surface area contributed by atoms with Gasteiger partial charge in [-0.15, -0.1) is 0 Å². The molecule has 1 amide bonds. The zero-order valence-corrected chi connectivity index (χ0v) is 18.0. The number of likely N-dealkylation sites (tertiary alicyclic amines) is 1. The molecule has 2 aromatic rings. The van der Waals surface area contributed by atoms with E-state index in [1.807, 2.05) is 35.2 Å². The highest BCUT2D eigenvalue weighted by Crippen LogP contribution is 2.37. The van der Waals surface area contributed by atoms with Gasteiger partial charge >= 0.3 is 0 Å². The number of hydrogen-bond acceptors (Lipinski definition) is 5. The van der Waals surface area contributed by atoms with Crippen LogP contribution >= 0.6 is 0 Å². The number of benzene rings is 2. The molecule has 2 aliphatic rings. The van der Waals surface area contributed by atoms with Gasteiger partial charge in [-0.3, -0.25) is 9.69 Å². The zero-order chi connectivity index (χ0) is 21.1. The Morgan fingerprint density at radius 3 is 2.53 bits per heavy atom. The Morgan fingerprint density at radius 2 is 1.83 bits per heavy atom. The summed E-state index contributed by atoms with van der Waals surface area (Å²) in [4.78, 5) is 16.6. The summed E-state index contributed by atoms with van der Waals surface area (Å²) in [6.45, 7) is 5.48. The van der Waals surface area contributed by atoms with Crippen molar-refractivity contribution < 1.29 is 19.0 Å². The number of hydrogen-bond donors (Lipinski definition) is 0. The summed E-state index contributed by atoms with van der Waals surface area (Å²) in [6, 6.07) is 14.1. The summed E-state index contributed by atoms with van der Waals surface area (Å²) < 4.78 is 17.6. The van der Waals surface area contributed by atoms with Crippen LogP contribution in [-0.4, -0.2) is 55.2 Å². The molecule has 160 valence electrons. The molecular formula is C24H30N2O4. The normalized spacial score (nSPS) is 18.3. The summed E-state index contributed by atoms with van der Waals surface area (Å²) >= 11 is 0. The molecule has 1 saturated heterocycles. The van der Waals surface area contributed by atoms with Crippen molar-refractivity contribution >= 4 is 5.91 Å². The van der Waals surface area contributed by atoms with E-state index in [9.17, 15) is 4.79 Å². The number of piperidine rings is 1. The minimum atomic E-state index is -0.340. The van der Waals surface area contributed by atoms with E-state index < -0.39 is 0 Å². The standard InChI is InChI=1S/C24H30N2O4/c1-18(27)26-16-19-7-4-5-9-21(19)30-24(17-26)11-13-25(14-12-24)15-20-8-6-10-22(28-2)23(20)29-3/h4-10H,11-17H2,1-3H3. The van der Waals surface area contributed by atoms with Gasteiger partial charge in [0.1, 0.15) is 11.4 Å². The molecule has 1 spiro atoms. The monoisotopic (exact) mass is 410 g/mol. The lowest BCUT2D eigenvalue weighted by Crippen LogP contribution is -2.53. The van der Waals surface area contributed by atoms with Crippen LogP contribution in [0.25, 0.3) is 0 Å². The molecule has 2 heterocycles. The molecule has 1 fully saturated rings.